The van der Waals surface area contributed by atoms with E-state index in [0.29, 0.717) is 40.7 Å². The van der Waals surface area contributed by atoms with Crippen molar-refractivity contribution in [1.82, 2.24) is 15.1 Å². The molecule has 0 unspecified atom stereocenters. The van der Waals surface area contributed by atoms with Crippen molar-refractivity contribution in [3.63, 3.8) is 0 Å². The highest BCUT2D eigenvalue weighted by atomic mass is 16.5. The molecule has 0 N–H and O–H groups in total. The van der Waals surface area contributed by atoms with E-state index in [2.05, 4.69) is 26.0 Å². The standard InChI is InChI=1S/C18H13N5O2/c1-3-6-24-15-8-12(10-19)7-13(9-15)18-22-17(23-25-18)16-5-4-14(20-2)11-21-16/h4-5,7-9,11H,3,6H2,1H3. The number of pyridine rings is 1. The Kier molecular flexibility index (Phi) is 4.68. The summed E-state index contributed by atoms with van der Waals surface area (Å²) >= 11 is 0. The molecule has 3 rings (SSSR count). The normalized spacial score (nSPS) is 10.0. The molecule has 0 aliphatic rings. The van der Waals surface area contributed by atoms with E-state index in [1.54, 1.807) is 30.3 Å². The van der Waals surface area contributed by atoms with Gasteiger partial charge in [-0.3, -0.25) is 4.98 Å². The first kappa shape index (κ1) is 16.2. The van der Waals surface area contributed by atoms with E-state index in [9.17, 15) is 5.26 Å². The molecule has 1 aromatic carbocycles. The maximum absolute atomic E-state index is 9.18. The van der Waals surface area contributed by atoms with Gasteiger partial charge in [-0.15, -0.1) is 0 Å². The molecular formula is C18H13N5O2. The molecule has 0 radical (unpaired) electrons. The largest absolute Gasteiger partial charge is 0.494 e. The topological polar surface area (TPSA) is 89.2 Å². The van der Waals surface area contributed by atoms with Crippen LogP contribution in [0.1, 0.15) is 18.9 Å². The van der Waals surface area contributed by atoms with Gasteiger partial charge in [0.25, 0.3) is 5.89 Å². The van der Waals surface area contributed by atoms with Crippen LogP contribution in [0.25, 0.3) is 27.8 Å². The number of hydrogen-bond acceptors (Lipinski definition) is 6. The molecule has 0 fully saturated rings. The van der Waals surface area contributed by atoms with Crippen LogP contribution in [-0.4, -0.2) is 21.7 Å². The first-order chi connectivity index (χ1) is 12.2. The molecule has 7 nitrogen and oxygen atoms in total. The molecule has 0 atom stereocenters. The second-order valence-corrected chi connectivity index (χ2v) is 5.14. The maximum Gasteiger partial charge on any atom is 0.258 e. The Morgan fingerprint density at radius 1 is 1.32 bits per heavy atom. The zero-order valence-corrected chi connectivity index (χ0v) is 13.4. The molecule has 122 valence electrons. The summed E-state index contributed by atoms with van der Waals surface area (Å²) in [5.74, 6) is 1.16. The summed E-state index contributed by atoms with van der Waals surface area (Å²) in [6, 6.07) is 10.5. The Labute approximate surface area is 144 Å². The smallest absolute Gasteiger partial charge is 0.258 e. The van der Waals surface area contributed by atoms with Gasteiger partial charge in [0.15, 0.2) is 0 Å². The number of nitriles is 1. The van der Waals surface area contributed by atoms with Crippen molar-refractivity contribution in [3.05, 3.63) is 53.5 Å². The third-order valence-electron chi connectivity index (χ3n) is 3.29. The van der Waals surface area contributed by atoms with Crippen LogP contribution in [0.3, 0.4) is 0 Å². The Morgan fingerprint density at radius 3 is 2.88 bits per heavy atom. The van der Waals surface area contributed by atoms with Crippen LogP contribution in [0.15, 0.2) is 41.1 Å². The quantitative estimate of drug-likeness (QED) is 0.656. The highest BCUT2D eigenvalue weighted by Gasteiger charge is 2.14. The molecule has 2 aromatic heterocycles. The molecule has 0 aliphatic heterocycles. The lowest BCUT2D eigenvalue weighted by Gasteiger charge is -2.06. The van der Waals surface area contributed by atoms with Crippen molar-refractivity contribution >= 4 is 5.69 Å². The van der Waals surface area contributed by atoms with E-state index in [0.717, 1.165) is 6.42 Å². The van der Waals surface area contributed by atoms with Gasteiger partial charge in [-0.05, 0) is 30.7 Å². The Bertz CT molecular complexity index is 964. The molecule has 0 spiro atoms. The second kappa shape index (κ2) is 7.24. The number of benzene rings is 1. The minimum atomic E-state index is 0.268. The fourth-order valence-corrected chi connectivity index (χ4v) is 2.12. The summed E-state index contributed by atoms with van der Waals surface area (Å²) in [7, 11) is 0. The van der Waals surface area contributed by atoms with E-state index in [1.165, 1.54) is 6.20 Å². The lowest BCUT2D eigenvalue weighted by Crippen LogP contribution is -1.96. The molecule has 0 saturated carbocycles. The average Bonchev–Trinajstić information content (AvgIpc) is 3.16. The SMILES string of the molecule is [C-]#[N+]c1ccc(-c2noc(-c3cc(C#N)cc(OCCC)c3)n2)nc1. The van der Waals surface area contributed by atoms with Crippen molar-refractivity contribution in [2.24, 2.45) is 0 Å². The van der Waals surface area contributed by atoms with Crippen LogP contribution in [0.4, 0.5) is 5.69 Å². The predicted molar refractivity (Wildman–Crippen MR) is 89.7 cm³/mol. The third kappa shape index (κ3) is 3.62. The van der Waals surface area contributed by atoms with Gasteiger partial charge in [-0.25, -0.2) is 4.85 Å². The van der Waals surface area contributed by atoms with Gasteiger partial charge in [0.2, 0.25) is 11.5 Å². The Morgan fingerprint density at radius 2 is 2.20 bits per heavy atom. The van der Waals surface area contributed by atoms with Crippen LogP contribution >= 0.6 is 0 Å². The van der Waals surface area contributed by atoms with Crippen LogP contribution in [0.5, 0.6) is 5.75 Å². The summed E-state index contributed by atoms with van der Waals surface area (Å²) in [5.41, 5.74) is 1.98. The van der Waals surface area contributed by atoms with Gasteiger partial charge < -0.3 is 9.26 Å². The lowest BCUT2D eigenvalue weighted by atomic mass is 10.1. The van der Waals surface area contributed by atoms with Gasteiger partial charge in [0.1, 0.15) is 11.4 Å². The Hall–Kier alpha value is -3.71. The van der Waals surface area contributed by atoms with E-state index < -0.39 is 0 Å². The van der Waals surface area contributed by atoms with Crippen LogP contribution in [0, 0.1) is 17.9 Å². The van der Waals surface area contributed by atoms with Crippen LogP contribution in [0.2, 0.25) is 0 Å². The zero-order chi connectivity index (χ0) is 17.6. The van der Waals surface area contributed by atoms with Crippen molar-refractivity contribution in [3.8, 4) is 34.8 Å². The first-order valence-electron chi connectivity index (χ1n) is 7.59. The highest BCUT2D eigenvalue weighted by Crippen LogP contribution is 2.27. The summed E-state index contributed by atoms with van der Waals surface area (Å²) in [5, 5.41) is 13.1. The summed E-state index contributed by atoms with van der Waals surface area (Å²) < 4.78 is 10.9. The molecule has 2 heterocycles. The van der Waals surface area contributed by atoms with E-state index in [4.69, 9.17) is 15.8 Å². The van der Waals surface area contributed by atoms with Gasteiger partial charge in [-0.1, -0.05) is 18.1 Å². The molecule has 3 aromatic rings. The number of nitrogens with zero attached hydrogens (tertiary/aromatic N) is 5. The molecule has 25 heavy (non-hydrogen) atoms. The van der Waals surface area contributed by atoms with Crippen LogP contribution < -0.4 is 4.74 Å². The fraction of sp³-hybridized carbons (Fsp3) is 0.167. The van der Waals surface area contributed by atoms with Gasteiger partial charge in [-0.2, -0.15) is 10.2 Å². The Balaban J connectivity index is 1.93. The monoisotopic (exact) mass is 331 g/mol. The van der Waals surface area contributed by atoms with E-state index >= 15 is 0 Å². The summed E-state index contributed by atoms with van der Waals surface area (Å²) in [6.45, 7) is 9.50. The number of aromatic nitrogens is 3. The second-order valence-electron chi connectivity index (χ2n) is 5.14. The molecule has 0 aliphatic carbocycles. The molecule has 7 heteroatoms. The first-order valence-corrected chi connectivity index (χ1v) is 7.59. The third-order valence-corrected chi connectivity index (χ3v) is 3.29. The lowest BCUT2D eigenvalue weighted by molar-refractivity contribution is 0.317. The summed E-state index contributed by atoms with van der Waals surface area (Å²) in [4.78, 5) is 11.8. The fourth-order valence-electron chi connectivity index (χ4n) is 2.12. The molecule has 0 amide bonds. The molecule has 0 saturated heterocycles. The maximum atomic E-state index is 9.18. The van der Waals surface area contributed by atoms with Gasteiger partial charge in [0.05, 0.1) is 24.8 Å². The van der Waals surface area contributed by atoms with Gasteiger partial charge >= 0.3 is 0 Å². The number of rotatable bonds is 5. The van der Waals surface area contributed by atoms with E-state index in [-0.39, 0.29) is 5.89 Å². The zero-order valence-electron chi connectivity index (χ0n) is 13.4. The van der Waals surface area contributed by atoms with Crippen molar-refractivity contribution in [1.29, 1.82) is 5.26 Å². The van der Waals surface area contributed by atoms with Crippen LogP contribution in [-0.2, 0) is 0 Å². The van der Waals surface area contributed by atoms with Crippen molar-refractivity contribution < 1.29 is 9.26 Å². The minimum absolute atomic E-state index is 0.268. The van der Waals surface area contributed by atoms with Crippen molar-refractivity contribution in [2.75, 3.05) is 6.61 Å². The van der Waals surface area contributed by atoms with Crippen molar-refractivity contribution in [2.45, 2.75) is 13.3 Å². The predicted octanol–water partition coefficient (Wildman–Crippen LogP) is 4.01. The average molecular weight is 331 g/mol. The number of hydrogen-bond donors (Lipinski definition) is 0. The van der Waals surface area contributed by atoms with Gasteiger partial charge in [0, 0.05) is 11.8 Å². The summed E-state index contributed by atoms with van der Waals surface area (Å²) in [6.07, 6.45) is 2.31. The molecule has 0 bridgehead atoms. The van der Waals surface area contributed by atoms with E-state index in [1.807, 2.05) is 6.92 Å². The minimum Gasteiger partial charge on any atom is -0.494 e. The number of ether oxygens (including phenoxy) is 1. The molecular weight excluding hydrogens is 318 g/mol. The highest BCUT2D eigenvalue weighted by molar-refractivity contribution is 5.62.